The number of rotatable bonds is 6. The smallest absolute Gasteiger partial charge is 0.317 e. The first-order valence-corrected chi connectivity index (χ1v) is 7.38. The van der Waals surface area contributed by atoms with Gasteiger partial charge in [-0.05, 0) is 30.5 Å². The fourth-order valence-electron chi connectivity index (χ4n) is 2.36. The molecule has 5 nitrogen and oxygen atoms in total. The van der Waals surface area contributed by atoms with Crippen LogP contribution in [0.5, 0.6) is 0 Å². The van der Waals surface area contributed by atoms with Gasteiger partial charge in [-0.25, -0.2) is 9.18 Å². The van der Waals surface area contributed by atoms with Gasteiger partial charge in [0, 0.05) is 30.6 Å². The molecule has 1 saturated carbocycles. The van der Waals surface area contributed by atoms with Crippen molar-refractivity contribution in [2.24, 2.45) is 0 Å². The zero-order chi connectivity index (χ0) is 16.3. The predicted octanol–water partition coefficient (Wildman–Crippen LogP) is 2.63. The molecular formula is C15H18ClFN2O3. The Morgan fingerprint density at radius 2 is 2.14 bits per heavy atom. The van der Waals surface area contributed by atoms with Crippen molar-refractivity contribution in [2.75, 3.05) is 20.1 Å². The minimum atomic E-state index is -0.948. The number of halogens is 2. The number of amides is 2. The molecule has 0 saturated heterocycles. The summed E-state index contributed by atoms with van der Waals surface area (Å²) in [5, 5.41) is 11.8. The van der Waals surface area contributed by atoms with Gasteiger partial charge in [-0.2, -0.15) is 0 Å². The molecule has 0 atom stereocenters. The van der Waals surface area contributed by atoms with Gasteiger partial charge < -0.3 is 15.3 Å². The van der Waals surface area contributed by atoms with Crippen molar-refractivity contribution in [3.8, 4) is 0 Å². The summed E-state index contributed by atoms with van der Waals surface area (Å²) in [6, 6.07) is 3.97. The highest BCUT2D eigenvalue weighted by Crippen LogP contribution is 2.50. The Hall–Kier alpha value is -1.82. The van der Waals surface area contributed by atoms with Gasteiger partial charge in [0.25, 0.3) is 0 Å². The Labute approximate surface area is 133 Å². The summed E-state index contributed by atoms with van der Waals surface area (Å²) in [5.41, 5.74) is 0.595. The molecule has 1 aliphatic carbocycles. The number of carboxylic acids is 1. The molecule has 1 fully saturated rings. The number of carbonyl (C=O) groups excluding carboxylic acids is 1. The molecule has 2 amide bonds. The lowest BCUT2D eigenvalue weighted by molar-refractivity contribution is -0.137. The Morgan fingerprint density at radius 1 is 1.45 bits per heavy atom. The van der Waals surface area contributed by atoms with Crippen LogP contribution in [0.15, 0.2) is 18.2 Å². The third kappa shape index (κ3) is 3.88. The van der Waals surface area contributed by atoms with E-state index in [4.69, 9.17) is 16.7 Å². The van der Waals surface area contributed by atoms with Crippen LogP contribution in [0.3, 0.4) is 0 Å². The van der Waals surface area contributed by atoms with Crippen molar-refractivity contribution >= 4 is 23.6 Å². The van der Waals surface area contributed by atoms with Gasteiger partial charge >= 0.3 is 12.0 Å². The van der Waals surface area contributed by atoms with Crippen molar-refractivity contribution in [2.45, 2.75) is 24.7 Å². The van der Waals surface area contributed by atoms with Gasteiger partial charge in [-0.3, -0.25) is 4.79 Å². The zero-order valence-electron chi connectivity index (χ0n) is 12.2. The van der Waals surface area contributed by atoms with E-state index in [1.54, 1.807) is 13.1 Å². The highest BCUT2D eigenvalue weighted by atomic mass is 35.5. The van der Waals surface area contributed by atoms with E-state index in [0.717, 1.165) is 18.4 Å². The predicted molar refractivity (Wildman–Crippen MR) is 80.6 cm³/mol. The topological polar surface area (TPSA) is 69.6 Å². The van der Waals surface area contributed by atoms with Gasteiger partial charge in [0.15, 0.2) is 0 Å². The van der Waals surface area contributed by atoms with Crippen molar-refractivity contribution in [3.63, 3.8) is 0 Å². The molecule has 0 bridgehead atoms. The minimum absolute atomic E-state index is 0.0984. The number of hydrogen-bond donors (Lipinski definition) is 2. The van der Waals surface area contributed by atoms with Gasteiger partial charge in [0.05, 0.1) is 6.42 Å². The van der Waals surface area contributed by atoms with E-state index in [0.29, 0.717) is 11.6 Å². The maximum atomic E-state index is 13.1. The summed E-state index contributed by atoms with van der Waals surface area (Å²) < 4.78 is 13.1. The fourth-order valence-corrected chi connectivity index (χ4v) is 2.72. The molecule has 0 radical (unpaired) electrons. The number of nitrogens with one attached hydrogen (secondary N) is 1. The molecule has 1 aromatic carbocycles. The van der Waals surface area contributed by atoms with Crippen LogP contribution < -0.4 is 5.32 Å². The summed E-state index contributed by atoms with van der Waals surface area (Å²) in [6.45, 7) is 0.542. The number of urea groups is 1. The van der Waals surface area contributed by atoms with Crippen molar-refractivity contribution in [1.82, 2.24) is 10.2 Å². The SMILES string of the molecule is CN(CCC(=O)O)C(=O)NCC1(c2ccc(F)cc2Cl)CC1. The molecular weight excluding hydrogens is 311 g/mol. The van der Waals surface area contributed by atoms with Crippen LogP contribution in [0.2, 0.25) is 5.02 Å². The van der Waals surface area contributed by atoms with Crippen LogP contribution in [-0.2, 0) is 10.2 Å². The lowest BCUT2D eigenvalue weighted by Gasteiger charge is -2.21. The average Bonchev–Trinajstić information content (AvgIpc) is 3.23. The summed E-state index contributed by atoms with van der Waals surface area (Å²) >= 11 is 6.09. The van der Waals surface area contributed by atoms with Crippen LogP contribution >= 0.6 is 11.6 Å². The molecule has 2 N–H and O–H groups in total. The molecule has 0 heterocycles. The van der Waals surface area contributed by atoms with Gasteiger partial charge in [0.1, 0.15) is 5.82 Å². The van der Waals surface area contributed by atoms with E-state index in [1.165, 1.54) is 17.0 Å². The van der Waals surface area contributed by atoms with Gasteiger partial charge in [-0.1, -0.05) is 17.7 Å². The Morgan fingerprint density at radius 3 is 2.68 bits per heavy atom. The quantitative estimate of drug-likeness (QED) is 0.843. The van der Waals surface area contributed by atoms with Crippen LogP contribution in [0, 0.1) is 5.82 Å². The highest BCUT2D eigenvalue weighted by molar-refractivity contribution is 6.31. The number of aliphatic carboxylic acids is 1. The largest absolute Gasteiger partial charge is 0.481 e. The van der Waals surface area contributed by atoms with E-state index in [9.17, 15) is 14.0 Å². The second-order valence-corrected chi connectivity index (χ2v) is 6.04. The standard InChI is InChI=1S/C15H18ClFN2O3/c1-19(7-4-13(20)21)14(22)18-9-15(5-6-15)11-3-2-10(17)8-12(11)16/h2-3,8H,4-7,9H2,1H3,(H,18,22)(H,20,21). The van der Waals surface area contributed by atoms with E-state index in [2.05, 4.69) is 5.32 Å². The summed E-state index contributed by atoms with van der Waals surface area (Å²) in [5.74, 6) is -1.33. The second-order valence-electron chi connectivity index (χ2n) is 5.63. The van der Waals surface area contributed by atoms with Crippen LogP contribution in [0.25, 0.3) is 0 Å². The monoisotopic (exact) mass is 328 g/mol. The third-order valence-corrected chi connectivity index (χ3v) is 4.25. The number of carboxylic acid groups (broad SMARTS) is 1. The first-order chi connectivity index (χ1) is 10.3. The van der Waals surface area contributed by atoms with Crippen LogP contribution in [0.1, 0.15) is 24.8 Å². The maximum Gasteiger partial charge on any atom is 0.317 e. The molecule has 0 spiro atoms. The maximum absolute atomic E-state index is 13.1. The highest BCUT2D eigenvalue weighted by Gasteiger charge is 2.45. The Kier molecular flexibility index (Phi) is 4.90. The number of hydrogen-bond acceptors (Lipinski definition) is 2. The van der Waals surface area contributed by atoms with E-state index in [1.807, 2.05) is 0 Å². The molecule has 0 aliphatic heterocycles. The van der Waals surface area contributed by atoms with Crippen molar-refractivity contribution in [1.29, 1.82) is 0 Å². The number of nitrogens with zero attached hydrogens (tertiary/aromatic N) is 1. The minimum Gasteiger partial charge on any atom is -0.481 e. The van der Waals surface area contributed by atoms with Crippen LogP contribution in [0.4, 0.5) is 9.18 Å². The number of benzene rings is 1. The van der Waals surface area contributed by atoms with Gasteiger partial charge in [-0.15, -0.1) is 0 Å². The molecule has 120 valence electrons. The fraction of sp³-hybridized carbons (Fsp3) is 0.467. The molecule has 2 rings (SSSR count). The van der Waals surface area contributed by atoms with E-state index >= 15 is 0 Å². The Bertz CT molecular complexity index is 590. The van der Waals surface area contributed by atoms with E-state index in [-0.39, 0.29) is 30.2 Å². The molecule has 0 unspecified atom stereocenters. The van der Waals surface area contributed by atoms with Crippen molar-refractivity contribution in [3.05, 3.63) is 34.6 Å². The van der Waals surface area contributed by atoms with Crippen molar-refractivity contribution < 1.29 is 19.1 Å². The number of carbonyl (C=O) groups is 2. The molecule has 1 aromatic rings. The van der Waals surface area contributed by atoms with E-state index < -0.39 is 5.97 Å². The normalized spacial score (nSPS) is 15.2. The molecule has 1 aliphatic rings. The average molecular weight is 329 g/mol. The zero-order valence-corrected chi connectivity index (χ0v) is 13.0. The lowest BCUT2D eigenvalue weighted by Crippen LogP contribution is -2.41. The molecule has 0 aromatic heterocycles. The van der Waals surface area contributed by atoms with Gasteiger partial charge in [0.2, 0.25) is 0 Å². The summed E-state index contributed by atoms with van der Waals surface area (Å²) in [4.78, 5) is 23.8. The molecule has 7 heteroatoms. The first kappa shape index (κ1) is 16.5. The third-order valence-electron chi connectivity index (χ3n) is 3.94. The second kappa shape index (κ2) is 6.52. The summed E-state index contributed by atoms with van der Waals surface area (Å²) in [6.07, 6.45) is 1.65. The summed E-state index contributed by atoms with van der Waals surface area (Å²) in [7, 11) is 1.54. The van der Waals surface area contributed by atoms with Crippen LogP contribution in [-0.4, -0.2) is 42.1 Å². The first-order valence-electron chi connectivity index (χ1n) is 7.00. The molecule has 22 heavy (non-hydrogen) atoms. The lowest BCUT2D eigenvalue weighted by atomic mass is 9.96. The Balaban J connectivity index is 1.93.